The maximum absolute atomic E-state index is 11.6. The molecule has 6 heteroatoms. The van der Waals surface area contributed by atoms with Gasteiger partial charge >= 0.3 is 12.1 Å². The highest BCUT2D eigenvalue weighted by atomic mass is 16.6. The lowest BCUT2D eigenvalue weighted by atomic mass is 10.2. The fourth-order valence-electron chi connectivity index (χ4n) is 1.34. The number of carboxylic acids is 1. The summed E-state index contributed by atoms with van der Waals surface area (Å²) in [6.45, 7) is 5.10. The third-order valence-electron chi connectivity index (χ3n) is 2.21. The molecule has 1 amide bonds. The maximum atomic E-state index is 11.6. The molecular formula is C15H18N2O4. The summed E-state index contributed by atoms with van der Waals surface area (Å²) in [4.78, 5) is 26.5. The first-order valence-electron chi connectivity index (χ1n) is 6.39. The van der Waals surface area contributed by atoms with Crippen molar-refractivity contribution in [1.82, 2.24) is 10.3 Å². The van der Waals surface area contributed by atoms with Gasteiger partial charge in [0.15, 0.2) is 0 Å². The Bertz CT molecular complexity index is 553. The van der Waals surface area contributed by atoms with Crippen LogP contribution >= 0.6 is 0 Å². The van der Waals surface area contributed by atoms with E-state index in [0.717, 1.165) is 5.56 Å². The van der Waals surface area contributed by atoms with E-state index in [0.29, 0.717) is 0 Å². The first-order chi connectivity index (χ1) is 9.78. The van der Waals surface area contributed by atoms with Crippen LogP contribution in [0.4, 0.5) is 4.79 Å². The quantitative estimate of drug-likeness (QED) is 0.829. The lowest BCUT2D eigenvalue weighted by Crippen LogP contribution is -2.43. The first-order valence-corrected chi connectivity index (χ1v) is 6.39. The number of aromatic nitrogens is 1. The van der Waals surface area contributed by atoms with E-state index in [9.17, 15) is 9.59 Å². The summed E-state index contributed by atoms with van der Waals surface area (Å²) >= 11 is 0. The molecule has 0 bridgehead atoms. The number of hydrogen-bond acceptors (Lipinski definition) is 4. The smallest absolute Gasteiger partial charge is 0.408 e. The molecule has 2 N–H and O–H groups in total. The van der Waals surface area contributed by atoms with Gasteiger partial charge in [0.2, 0.25) is 0 Å². The van der Waals surface area contributed by atoms with E-state index in [2.05, 4.69) is 22.1 Å². The normalized spacial score (nSPS) is 11.8. The number of pyridine rings is 1. The summed E-state index contributed by atoms with van der Waals surface area (Å²) < 4.78 is 5.01. The Morgan fingerprint density at radius 2 is 2.00 bits per heavy atom. The third-order valence-corrected chi connectivity index (χ3v) is 2.21. The predicted octanol–water partition coefficient (Wildman–Crippen LogP) is 1.80. The molecule has 1 aromatic rings. The number of hydrogen-bond donors (Lipinski definition) is 2. The average molecular weight is 290 g/mol. The van der Waals surface area contributed by atoms with Crippen molar-refractivity contribution >= 4 is 12.1 Å². The molecule has 0 saturated carbocycles. The van der Waals surface area contributed by atoms with Crippen molar-refractivity contribution in [1.29, 1.82) is 0 Å². The highest BCUT2D eigenvalue weighted by molar-refractivity contribution is 5.80. The summed E-state index contributed by atoms with van der Waals surface area (Å²) in [5.74, 6) is 4.37. The summed E-state index contributed by atoms with van der Waals surface area (Å²) in [5, 5.41) is 11.4. The van der Waals surface area contributed by atoms with Gasteiger partial charge in [-0.25, -0.2) is 9.59 Å². The van der Waals surface area contributed by atoms with Crippen LogP contribution in [0.3, 0.4) is 0 Å². The number of nitrogens with one attached hydrogen (secondary N) is 1. The van der Waals surface area contributed by atoms with Gasteiger partial charge in [0.25, 0.3) is 0 Å². The van der Waals surface area contributed by atoms with Crippen LogP contribution in [0.1, 0.15) is 32.8 Å². The molecular weight excluding hydrogens is 272 g/mol. The number of nitrogens with zero attached hydrogens (tertiary/aromatic N) is 1. The third kappa shape index (κ3) is 6.97. The van der Waals surface area contributed by atoms with Crippen molar-refractivity contribution in [3.05, 3.63) is 30.1 Å². The van der Waals surface area contributed by atoms with Gasteiger partial charge in [-0.3, -0.25) is 4.98 Å². The topological polar surface area (TPSA) is 88.5 Å². The number of alkyl carbamates (subject to hydrolysis) is 1. The minimum Gasteiger partial charge on any atom is -0.480 e. The van der Waals surface area contributed by atoms with Gasteiger partial charge < -0.3 is 15.2 Å². The number of carbonyl (C=O) groups excluding carboxylic acids is 1. The minimum atomic E-state index is -1.16. The van der Waals surface area contributed by atoms with Crippen LogP contribution in [0.15, 0.2) is 24.5 Å². The summed E-state index contributed by atoms with van der Waals surface area (Å²) in [7, 11) is 0. The van der Waals surface area contributed by atoms with Crippen molar-refractivity contribution in [2.45, 2.75) is 38.8 Å². The molecule has 0 aromatic carbocycles. The van der Waals surface area contributed by atoms with Gasteiger partial charge in [0.05, 0.1) is 0 Å². The predicted molar refractivity (Wildman–Crippen MR) is 76.5 cm³/mol. The molecule has 21 heavy (non-hydrogen) atoms. The van der Waals surface area contributed by atoms with E-state index in [1.807, 2.05) is 0 Å². The van der Waals surface area contributed by atoms with Crippen LogP contribution in [-0.4, -0.2) is 33.8 Å². The molecule has 112 valence electrons. The second-order valence-corrected chi connectivity index (χ2v) is 5.28. The van der Waals surface area contributed by atoms with E-state index in [-0.39, 0.29) is 6.42 Å². The van der Waals surface area contributed by atoms with Crippen molar-refractivity contribution in [2.75, 3.05) is 0 Å². The number of ether oxygens (including phenoxy) is 1. The van der Waals surface area contributed by atoms with Crippen LogP contribution in [0, 0.1) is 11.8 Å². The largest absolute Gasteiger partial charge is 0.480 e. The number of amides is 1. The van der Waals surface area contributed by atoms with Crippen molar-refractivity contribution in [3.8, 4) is 11.8 Å². The number of aliphatic carboxylic acids is 1. The Kier molecular flexibility index (Phi) is 5.73. The Morgan fingerprint density at radius 1 is 1.38 bits per heavy atom. The zero-order chi connectivity index (χ0) is 15.9. The molecule has 0 fully saturated rings. The minimum absolute atomic E-state index is 0.0170. The van der Waals surface area contributed by atoms with Gasteiger partial charge in [0, 0.05) is 24.4 Å². The molecule has 1 rings (SSSR count). The molecule has 0 spiro atoms. The second kappa shape index (κ2) is 7.29. The molecule has 1 atom stereocenters. The highest BCUT2D eigenvalue weighted by Gasteiger charge is 2.23. The summed E-state index contributed by atoms with van der Waals surface area (Å²) in [5.41, 5.74) is 0.0435. The molecule has 0 aliphatic carbocycles. The Balaban J connectivity index is 2.61. The maximum Gasteiger partial charge on any atom is 0.408 e. The number of rotatable bonds is 3. The first kappa shape index (κ1) is 16.5. The molecule has 0 radical (unpaired) electrons. The van der Waals surface area contributed by atoms with Gasteiger partial charge in [-0.1, -0.05) is 11.8 Å². The average Bonchev–Trinajstić information content (AvgIpc) is 2.36. The van der Waals surface area contributed by atoms with Crippen LogP contribution in [0.5, 0.6) is 0 Å². The SMILES string of the molecule is CC(C)(C)OC(=O)N[C@@H](CC#Cc1ccncc1)C(=O)O. The fourth-order valence-corrected chi connectivity index (χ4v) is 1.34. The Hall–Kier alpha value is -2.55. The van der Waals surface area contributed by atoms with Gasteiger partial charge in [-0.2, -0.15) is 0 Å². The number of carboxylic acid groups (broad SMARTS) is 1. The van der Waals surface area contributed by atoms with Gasteiger partial charge in [0.1, 0.15) is 11.6 Å². The molecule has 1 heterocycles. The summed E-state index contributed by atoms with van der Waals surface area (Å²) in [6.07, 6.45) is 2.40. The zero-order valence-electron chi connectivity index (χ0n) is 12.2. The van der Waals surface area contributed by atoms with Crippen molar-refractivity contribution in [2.24, 2.45) is 0 Å². The lowest BCUT2D eigenvalue weighted by molar-refractivity contribution is -0.139. The van der Waals surface area contributed by atoms with Gasteiger partial charge in [-0.05, 0) is 32.9 Å². The molecule has 6 nitrogen and oxygen atoms in total. The van der Waals surface area contributed by atoms with E-state index >= 15 is 0 Å². The van der Waals surface area contributed by atoms with Crippen molar-refractivity contribution in [3.63, 3.8) is 0 Å². The van der Waals surface area contributed by atoms with Crippen LogP contribution in [0.25, 0.3) is 0 Å². The molecule has 0 aliphatic rings. The lowest BCUT2D eigenvalue weighted by Gasteiger charge is -2.21. The standard InChI is InChI=1S/C15H18N2O4/c1-15(2,3)21-14(20)17-12(13(18)19)6-4-5-11-7-9-16-10-8-11/h7-10,12H,6H2,1-3H3,(H,17,20)(H,18,19)/t12-/m0/s1. The molecule has 0 saturated heterocycles. The zero-order valence-corrected chi connectivity index (χ0v) is 12.2. The van der Waals surface area contributed by atoms with Crippen LogP contribution in [0.2, 0.25) is 0 Å². The van der Waals surface area contributed by atoms with E-state index in [4.69, 9.17) is 9.84 Å². The van der Waals surface area contributed by atoms with Crippen LogP contribution in [-0.2, 0) is 9.53 Å². The molecule has 0 aliphatic heterocycles. The van der Waals surface area contributed by atoms with Gasteiger partial charge in [-0.15, -0.1) is 0 Å². The van der Waals surface area contributed by atoms with Crippen molar-refractivity contribution < 1.29 is 19.4 Å². The van der Waals surface area contributed by atoms with E-state index in [1.165, 1.54) is 0 Å². The molecule has 1 aromatic heterocycles. The molecule has 0 unspecified atom stereocenters. The Morgan fingerprint density at radius 3 is 2.52 bits per heavy atom. The highest BCUT2D eigenvalue weighted by Crippen LogP contribution is 2.07. The number of carbonyl (C=O) groups is 2. The van der Waals surface area contributed by atoms with Crippen LogP contribution < -0.4 is 5.32 Å². The van der Waals surface area contributed by atoms with E-state index in [1.54, 1.807) is 45.3 Å². The Labute approximate surface area is 123 Å². The monoisotopic (exact) mass is 290 g/mol. The second-order valence-electron chi connectivity index (χ2n) is 5.28. The van der Waals surface area contributed by atoms with E-state index < -0.39 is 23.7 Å². The fraction of sp³-hybridized carbons (Fsp3) is 0.400. The summed E-state index contributed by atoms with van der Waals surface area (Å²) in [6, 6.07) is 2.31.